The lowest BCUT2D eigenvalue weighted by Crippen LogP contribution is -2.29. The van der Waals surface area contributed by atoms with E-state index in [0.29, 0.717) is 17.9 Å². The third kappa shape index (κ3) is 2.66. The minimum absolute atomic E-state index is 0.343. The maximum atomic E-state index is 11.3. The van der Waals surface area contributed by atoms with Crippen molar-refractivity contribution in [2.75, 3.05) is 12.4 Å². The van der Waals surface area contributed by atoms with Gasteiger partial charge in [-0.05, 0) is 6.07 Å². The van der Waals surface area contributed by atoms with Crippen LogP contribution in [0, 0.1) is 0 Å². The van der Waals surface area contributed by atoms with Crippen molar-refractivity contribution >= 4 is 29.5 Å². The van der Waals surface area contributed by atoms with Crippen LogP contribution >= 0.6 is 12.6 Å². The number of aromatic amines is 1. The number of para-hydroxylation sites is 1. The van der Waals surface area contributed by atoms with E-state index in [1.165, 1.54) is 0 Å². The molecule has 0 bridgehead atoms. The molecule has 0 unspecified atom stereocenters. The van der Waals surface area contributed by atoms with Crippen LogP contribution in [0.3, 0.4) is 0 Å². The number of aliphatic carboxylic acids is 1. The first-order valence-corrected chi connectivity index (χ1v) is 6.14. The van der Waals surface area contributed by atoms with Crippen molar-refractivity contribution < 1.29 is 14.7 Å². The first-order chi connectivity index (χ1) is 8.74. The van der Waals surface area contributed by atoms with Gasteiger partial charge in [-0.25, -0.2) is 0 Å². The highest BCUT2D eigenvalue weighted by atomic mass is 32.1. The smallest absolute Gasteiger partial charge is 0.327 e. The summed E-state index contributed by atoms with van der Waals surface area (Å²) < 4.78 is 0. The summed E-state index contributed by atoms with van der Waals surface area (Å²) in [5, 5.41) is 10.1. The molecule has 0 radical (unpaired) electrons. The Bertz CT molecular complexity index is 541. The largest absolute Gasteiger partial charge is 0.480 e. The molecule has 5 nitrogen and oxygen atoms in total. The number of fused-ring (bicyclic) bond motifs is 1. The van der Waals surface area contributed by atoms with Crippen molar-refractivity contribution in [1.82, 2.24) is 10.5 Å². The molecule has 2 rings (SSSR count). The Balaban J connectivity index is 2.27. The maximum absolute atomic E-state index is 11.3. The summed E-state index contributed by atoms with van der Waals surface area (Å²) in [6, 6.07) is 6.63. The molecule has 0 spiro atoms. The molecule has 96 valence electrons. The number of aromatic nitrogens is 1. The van der Waals surface area contributed by atoms with Crippen LogP contribution in [-0.2, 0) is 9.63 Å². The van der Waals surface area contributed by atoms with Gasteiger partial charge in [-0.2, -0.15) is 18.1 Å². The molecule has 0 aliphatic carbocycles. The van der Waals surface area contributed by atoms with Gasteiger partial charge in [-0.15, -0.1) is 0 Å². The molecule has 1 heterocycles. The average molecular weight is 266 g/mol. The normalized spacial score (nSPS) is 12.7. The van der Waals surface area contributed by atoms with Gasteiger partial charge in [-0.3, -0.25) is 9.63 Å². The predicted octanol–water partition coefficient (Wildman–Crippen LogP) is 1.74. The zero-order valence-electron chi connectivity index (χ0n) is 9.59. The van der Waals surface area contributed by atoms with E-state index in [1.807, 2.05) is 24.3 Å². The number of hydrogen-bond acceptors (Lipinski definition) is 4. The minimum Gasteiger partial charge on any atom is -0.480 e. The van der Waals surface area contributed by atoms with Crippen LogP contribution in [0.4, 0.5) is 0 Å². The number of hydroxylamine groups is 1. The summed E-state index contributed by atoms with van der Waals surface area (Å²) in [5.41, 5.74) is 4.09. The van der Waals surface area contributed by atoms with Crippen molar-refractivity contribution in [3.63, 3.8) is 0 Å². The van der Waals surface area contributed by atoms with Crippen LogP contribution < -0.4 is 5.48 Å². The second kappa shape index (κ2) is 5.90. The van der Waals surface area contributed by atoms with Crippen LogP contribution in [-0.4, -0.2) is 28.4 Å². The number of H-pyrrole nitrogens is 1. The number of thiol groups is 1. The van der Waals surface area contributed by atoms with E-state index in [1.54, 1.807) is 6.20 Å². The van der Waals surface area contributed by atoms with E-state index in [-0.39, 0.29) is 0 Å². The van der Waals surface area contributed by atoms with Gasteiger partial charge in [0.1, 0.15) is 0 Å². The number of benzene rings is 1. The lowest BCUT2D eigenvalue weighted by Gasteiger charge is -2.13. The zero-order chi connectivity index (χ0) is 13.0. The molecule has 2 aromatic rings. The van der Waals surface area contributed by atoms with E-state index >= 15 is 0 Å². The Morgan fingerprint density at radius 1 is 1.50 bits per heavy atom. The molecule has 6 heteroatoms. The van der Waals surface area contributed by atoms with E-state index < -0.39 is 12.0 Å². The van der Waals surface area contributed by atoms with E-state index in [2.05, 4.69) is 23.1 Å². The maximum Gasteiger partial charge on any atom is 0.327 e. The molecule has 0 saturated heterocycles. The number of carboxylic acids is 1. The van der Waals surface area contributed by atoms with E-state index in [9.17, 15) is 9.90 Å². The molecule has 3 N–H and O–H groups in total. The van der Waals surface area contributed by atoms with Crippen molar-refractivity contribution in [3.05, 3.63) is 36.0 Å². The second-order valence-corrected chi connectivity index (χ2v) is 4.20. The van der Waals surface area contributed by atoms with Crippen molar-refractivity contribution in [2.24, 2.45) is 0 Å². The summed E-state index contributed by atoms with van der Waals surface area (Å²) in [7, 11) is 0. The fourth-order valence-corrected chi connectivity index (χ4v) is 1.86. The summed E-state index contributed by atoms with van der Waals surface area (Å²) in [4.78, 5) is 19.4. The lowest BCUT2D eigenvalue weighted by atomic mass is 10.1. The highest BCUT2D eigenvalue weighted by Crippen LogP contribution is 2.24. The summed E-state index contributed by atoms with van der Waals surface area (Å²) >= 11 is 3.99. The number of nitrogens with one attached hydrogen (secondary N) is 2. The lowest BCUT2D eigenvalue weighted by molar-refractivity contribution is -0.144. The molecule has 1 aromatic carbocycles. The molecule has 18 heavy (non-hydrogen) atoms. The molecular weight excluding hydrogens is 252 g/mol. The SMILES string of the molecule is O=C(O)[C@H](NOCCS)c1c[nH]c2ccccc12. The van der Waals surface area contributed by atoms with Gasteiger partial charge in [-0.1, -0.05) is 18.2 Å². The highest BCUT2D eigenvalue weighted by molar-refractivity contribution is 7.80. The fourth-order valence-electron chi connectivity index (χ4n) is 1.77. The number of hydrogen-bond donors (Lipinski definition) is 4. The van der Waals surface area contributed by atoms with Gasteiger partial charge >= 0.3 is 5.97 Å². The highest BCUT2D eigenvalue weighted by Gasteiger charge is 2.22. The van der Waals surface area contributed by atoms with E-state index in [0.717, 1.165) is 10.9 Å². The summed E-state index contributed by atoms with van der Waals surface area (Å²) in [6.07, 6.45) is 1.68. The third-order valence-corrected chi connectivity index (χ3v) is 2.76. The van der Waals surface area contributed by atoms with Gasteiger partial charge in [0.2, 0.25) is 0 Å². The fraction of sp³-hybridized carbons (Fsp3) is 0.250. The number of carbonyl (C=O) groups is 1. The van der Waals surface area contributed by atoms with Crippen LogP contribution in [0.25, 0.3) is 10.9 Å². The molecule has 1 aromatic heterocycles. The van der Waals surface area contributed by atoms with Crippen molar-refractivity contribution in [2.45, 2.75) is 6.04 Å². The zero-order valence-corrected chi connectivity index (χ0v) is 10.5. The Labute approximate surface area is 110 Å². The topological polar surface area (TPSA) is 74.3 Å². The standard InChI is InChI=1S/C12H14N2O3S/c15-12(16)11(14-17-5-6-18)9-7-13-10-4-2-1-3-8(9)10/h1-4,7,11,13-14,18H,5-6H2,(H,15,16)/t11-/m1/s1. The Morgan fingerprint density at radius 2 is 2.28 bits per heavy atom. The Morgan fingerprint density at radius 3 is 3.00 bits per heavy atom. The van der Waals surface area contributed by atoms with Gasteiger partial charge in [0.25, 0.3) is 0 Å². The summed E-state index contributed by atoms with van der Waals surface area (Å²) in [6.45, 7) is 0.343. The first-order valence-electron chi connectivity index (χ1n) is 5.51. The van der Waals surface area contributed by atoms with Gasteiger partial charge in [0.05, 0.1) is 6.61 Å². The van der Waals surface area contributed by atoms with Crippen molar-refractivity contribution in [1.29, 1.82) is 0 Å². The molecular formula is C12H14N2O3S. The Kier molecular flexibility index (Phi) is 4.24. The quantitative estimate of drug-likeness (QED) is 0.365. The number of rotatable bonds is 6. The van der Waals surface area contributed by atoms with Gasteiger partial charge in [0.15, 0.2) is 6.04 Å². The molecule has 0 fully saturated rings. The summed E-state index contributed by atoms with van der Waals surface area (Å²) in [5.74, 6) is -0.466. The third-order valence-electron chi connectivity index (χ3n) is 2.57. The number of carboxylic acid groups (broad SMARTS) is 1. The first kappa shape index (κ1) is 12.9. The van der Waals surface area contributed by atoms with Gasteiger partial charge < -0.3 is 10.1 Å². The molecule has 0 saturated carbocycles. The van der Waals surface area contributed by atoms with Crippen LogP contribution in [0.2, 0.25) is 0 Å². The van der Waals surface area contributed by atoms with E-state index in [4.69, 9.17) is 4.84 Å². The average Bonchev–Trinajstić information content (AvgIpc) is 2.78. The van der Waals surface area contributed by atoms with Crippen LogP contribution in [0.5, 0.6) is 0 Å². The van der Waals surface area contributed by atoms with Crippen LogP contribution in [0.15, 0.2) is 30.5 Å². The Hall–Kier alpha value is -1.50. The molecule has 0 aliphatic rings. The van der Waals surface area contributed by atoms with Gasteiger partial charge in [0, 0.05) is 28.4 Å². The molecule has 0 amide bonds. The monoisotopic (exact) mass is 266 g/mol. The predicted molar refractivity (Wildman–Crippen MR) is 71.6 cm³/mol. The molecule has 0 aliphatic heterocycles. The molecule has 1 atom stereocenters. The minimum atomic E-state index is -0.987. The van der Waals surface area contributed by atoms with Crippen molar-refractivity contribution in [3.8, 4) is 0 Å². The van der Waals surface area contributed by atoms with Crippen LogP contribution in [0.1, 0.15) is 11.6 Å². The second-order valence-electron chi connectivity index (χ2n) is 3.75.